The molecule has 0 spiro atoms. The van der Waals surface area contributed by atoms with E-state index in [0.717, 1.165) is 17.1 Å². The first-order valence-electron chi connectivity index (χ1n) is 6.18. The number of H-pyrrole nitrogens is 1. The Hall–Kier alpha value is -2.15. The van der Waals surface area contributed by atoms with Crippen molar-refractivity contribution in [2.45, 2.75) is 19.5 Å². The smallest absolute Gasteiger partial charge is 0.188 e. The molecule has 1 atom stereocenters. The van der Waals surface area contributed by atoms with Gasteiger partial charge in [-0.1, -0.05) is 11.3 Å². The molecule has 19 heavy (non-hydrogen) atoms. The fraction of sp³-hybridized carbons (Fsp3) is 0.417. The average Bonchev–Trinajstić information content (AvgIpc) is 2.97. The minimum Gasteiger partial charge on any atom is -0.486 e. The molecular weight excluding hydrogens is 246 g/mol. The zero-order valence-corrected chi connectivity index (χ0v) is 10.6. The first kappa shape index (κ1) is 11.9. The predicted octanol–water partition coefficient (Wildman–Crippen LogP) is 0.822. The van der Waals surface area contributed by atoms with E-state index in [0.29, 0.717) is 25.6 Å². The lowest BCUT2D eigenvalue weighted by Gasteiger charge is -2.20. The third-order valence-electron chi connectivity index (χ3n) is 3.02. The number of aromatic nitrogens is 4. The lowest BCUT2D eigenvalue weighted by Crippen LogP contribution is -2.20. The molecular formula is C12H15N5O2. The summed E-state index contributed by atoms with van der Waals surface area (Å²) in [6.45, 7) is 3.84. The minimum atomic E-state index is 0.161. The molecule has 1 aliphatic rings. The van der Waals surface area contributed by atoms with E-state index in [9.17, 15) is 0 Å². The maximum absolute atomic E-state index is 5.57. The average molecular weight is 261 g/mol. The molecule has 7 nitrogen and oxygen atoms in total. The summed E-state index contributed by atoms with van der Waals surface area (Å²) in [6, 6.07) is 6.13. The van der Waals surface area contributed by atoms with Gasteiger partial charge in [0.2, 0.25) is 0 Å². The van der Waals surface area contributed by atoms with Gasteiger partial charge in [0.25, 0.3) is 0 Å². The maximum Gasteiger partial charge on any atom is 0.188 e. The summed E-state index contributed by atoms with van der Waals surface area (Å²) in [5.41, 5.74) is 1.13. The Morgan fingerprint density at radius 3 is 2.95 bits per heavy atom. The van der Waals surface area contributed by atoms with Crippen LogP contribution in [0.5, 0.6) is 11.5 Å². The molecule has 2 aromatic rings. The summed E-state index contributed by atoms with van der Waals surface area (Å²) in [5, 5.41) is 17.1. The van der Waals surface area contributed by atoms with Crippen molar-refractivity contribution in [3.8, 4) is 11.5 Å². The van der Waals surface area contributed by atoms with Gasteiger partial charge < -0.3 is 14.8 Å². The number of aromatic amines is 1. The zero-order valence-electron chi connectivity index (χ0n) is 10.6. The number of benzene rings is 1. The molecule has 1 unspecified atom stereocenters. The first-order chi connectivity index (χ1) is 9.33. The fourth-order valence-electron chi connectivity index (χ4n) is 1.95. The number of ether oxygens (including phenoxy) is 2. The molecule has 1 aliphatic heterocycles. The summed E-state index contributed by atoms with van der Waals surface area (Å²) < 4.78 is 11.1. The number of nitrogens with zero attached hydrogens (tertiary/aromatic N) is 3. The molecule has 2 heterocycles. The van der Waals surface area contributed by atoms with E-state index < -0.39 is 0 Å². The number of hydrogen-bond acceptors (Lipinski definition) is 6. The Morgan fingerprint density at radius 2 is 2.16 bits per heavy atom. The van der Waals surface area contributed by atoms with Gasteiger partial charge in [-0.3, -0.25) is 0 Å². The second-order valence-corrected chi connectivity index (χ2v) is 4.33. The van der Waals surface area contributed by atoms with Crippen LogP contribution in [0.4, 0.5) is 0 Å². The van der Waals surface area contributed by atoms with Crippen LogP contribution in [-0.2, 0) is 6.54 Å². The van der Waals surface area contributed by atoms with Crippen LogP contribution in [0.2, 0.25) is 0 Å². The van der Waals surface area contributed by atoms with Crippen LogP contribution in [0.25, 0.3) is 0 Å². The molecule has 7 heteroatoms. The Kier molecular flexibility index (Phi) is 3.28. The Labute approximate surface area is 110 Å². The quantitative estimate of drug-likeness (QED) is 0.847. The third kappa shape index (κ3) is 2.65. The monoisotopic (exact) mass is 261 g/mol. The van der Waals surface area contributed by atoms with Crippen LogP contribution in [-0.4, -0.2) is 33.8 Å². The Bertz CT molecular complexity index is 543. The van der Waals surface area contributed by atoms with Crippen molar-refractivity contribution in [2.24, 2.45) is 0 Å². The number of fused-ring (bicyclic) bond motifs is 1. The highest BCUT2D eigenvalue weighted by Gasteiger charge is 2.14. The summed E-state index contributed by atoms with van der Waals surface area (Å²) in [7, 11) is 0. The highest BCUT2D eigenvalue weighted by atomic mass is 16.6. The predicted molar refractivity (Wildman–Crippen MR) is 66.9 cm³/mol. The van der Waals surface area contributed by atoms with Gasteiger partial charge in [-0.15, -0.1) is 10.2 Å². The molecule has 2 N–H and O–H groups in total. The summed E-state index contributed by atoms with van der Waals surface area (Å²) >= 11 is 0. The van der Waals surface area contributed by atoms with Gasteiger partial charge in [-0.25, -0.2) is 0 Å². The molecule has 1 aromatic heterocycles. The number of tetrazole rings is 1. The van der Waals surface area contributed by atoms with E-state index in [2.05, 4.69) is 32.9 Å². The van der Waals surface area contributed by atoms with Crippen molar-refractivity contribution in [3.63, 3.8) is 0 Å². The molecule has 0 amide bonds. The SMILES string of the molecule is CC(NCc1nn[nH]n1)c1ccc2c(c1)OCCO2. The van der Waals surface area contributed by atoms with Gasteiger partial charge in [-0.2, -0.15) is 5.21 Å². The van der Waals surface area contributed by atoms with Crippen molar-refractivity contribution in [1.29, 1.82) is 0 Å². The zero-order chi connectivity index (χ0) is 13.1. The van der Waals surface area contributed by atoms with Crippen LogP contribution in [0.15, 0.2) is 18.2 Å². The molecule has 0 aliphatic carbocycles. The fourth-order valence-corrected chi connectivity index (χ4v) is 1.95. The van der Waals surface area contributed by atoms with Crippen molar-refractivity contribution in [3.05, 3.63) is 29.6 Å². The van der Waals surface area contributed by atoms with Gasteiger partial charge in [0.15, 0.2) is 17.3 Å². The Morgan fingerprint density at radius 1 is 1.32 bits per heavy atom. The van der Waals surface area contributed by atoms with Crippen molar-refractivity contribution >= 4 is 0 Å². The van der Waals surface area contributed by atoms with E-state index in [4.69, 9.17) is 9.47 Å². The van der Waals surface area contributed by atoms with Crippen molar-refractivity contribution in [2.75, 3.05) is 13.2 Å². The molecule has 0 radical (unpaired) electrons. The first-order valence-corrected chi connectivity index (χ1v) is 6.18. The van der Waals surface area contributed by atoms with E-state index in [1.807, 2.05) is 18.2 Å². The van der Waals surface area contributed by atoms with Crippen LogP contribution in [0.3, 0.4) is 0 Å². The topological polar surface area (TPSA) is 85.0 Å². The van der Waals surface area contributed by atoms with Crippen LogP contribution >= 0.6 is 0 Å². The van der Waals surface area contributed by atoms with Gasteiger partial charge in [0.05, 0.1) is 6.54 Å². The lowest BCUT2D eigenvalue weighted by atomic mass is 10.1. The lowest BCUT2D eigenvalue weighted by molar-refractivity contribution is 0.171. The maximum atomic E-state index is 5.57. The van der Waals surface area contributed by atoms with Gasteiger partial charge in [0, 0.05) is 6.04 Å². The summed E-state index contributed by atoms with van der Waals surface area (Å²) in [6.07, 6.45) is 0. The molecule has 3 rings (SSSR count). The molecule has 0 bridgehead atoms. The molecule has 0 saturated heterocycles. The van der Waals surface area contributed by atoms with Crippen LogP contribution in [0, 0.1) is 0 Å². The Balaban J connectivity index is 1.67. The van der Waals surface area contributed by atoms with Crippen molar-refractivity contribution in [1.82, 2.24) is 25.9 Å². The normalized spacial score (nSPS) is 15.2. The van der Waals surface area contributed by atoms with E-state index >= 15 is 0 Å². The largest absolute Gasteiger partial charge is 0.486 e. The second-order valence-electron chi connectivity index (χ2n) is 4.33. The van der Waals surface area contributed by atoms with E-state index in [-0.39, 0.29) is 6.04 Å². The van der Waals surface area contributed by atoms with Crippen LogP contribution < -0.4 is 14.8 Å². The minimum absolute atomic E-state index is 0.161. The summed E-state index contributed by atoms with van der Waals surface area (Å²) in [4.78, 5) is 0. The highest BCUT2D eigenvalue weighted by Crippen LogP contribution is 2.32. The highest BCUT2D eigenvalue weighted by molar-refractivity contribution is 5.44. The van der Waals surface area contributed by atoms with Gasteiger partial charge in [0.1, 0.15) is 13.2 Å². The molecule has 0 fully saturated rings. The summed E-state index contributed by atoms with van der Waals surface area (Å²) in [5.74, 6) is 2.25. The molecule has 0 saturated carbocycles. The number of nitrogens with one attached hydrogen (secondary N) is 2. The van der Waals surface area contributed by atoms with E-state index in [1.165, 1.54) is 0 Å². The van der Waals surface area contributed by atoms with E-state index in [1.54, 1.807) is 0 Å². The van der Waals surface area contributed by atoms with Crippen LogP contribution in [0.1, 0.15) is 24.4 Å². The second kappa shape index (κ2) is 5.23. The molecule has 1 aromatic carbocycles. The van der Waals surface area contributed by atoms with Crippen molar-refractivity contribution < 1.29 is 9.47 Å². The molecule has 100 valence electrons. The van der Waals surface area contributed by atoms with Gasteiger partial charge in [-0.05, 0) is 24.6 Å². The number of hydrogen-bond donors (Lipinski definition) is 2. The third-order valence-corrected chi connectivity index (χ3v) is 3.02. The standard InChI is InChI=1S/C12H15N5O2/c1-8(13-7-12-14-16-17-15-12)9-2-3-10-11(6-9)19-5-4-18-10/h2-3,6,8,13H,4-5,7H2,1H3,(H,14,15,16,17). The van der Waals surface area contributed by atoms with Gasteiger partial charge >= 0.3 is 0 Å². The number of rotatable bonds is 4.